The Morgan fingerprint density at radius 1 is 1.05 bits per heavy atom. The minimum absolute atomic E-state index is 0.0962. The van der Waals surface area contributed by atoms with E-state index in [4.69, 9.17) is 27.9 Å². The number of rotatable bonds is 8. The van der Waals surface area contributed by atoms with E-state index in [0.717, 1.165) is 12.1 Å². The van der Waals surface area contributed by atoms with Crippen molar-refractivity contribution in [3.63, 3.8) is 0 Å². The number of para-hydroxylation sites is 1. The van der Waals surface area contributed by atoms with Gasteiger partial charge in [-0.25, -0.2) is 9.78 Å². The average Bonchev–Trinajstić information content (AvgIpc) is 3.60. The first-order chi connectivity index (χ1) is 19.6. The molecule has 0 saturated carbocycles. The molecule has 0 fully saturated rings. The minimum Gasteiger partial charge on any atom is -0.481 e. The van der Waals surface area contributed by atoms with E-state index in [2.05, 4.69) is 31.0 Å². The third-order valence-corrected chi connectivity index (χ3v) is 6.65. The highest BCUT2D eigenvalue weighted by atomic mass is 35.5. The van der Waals surface area contributed by atoms with Gasteiger partial charge in [0, 0.05) is 10.6 Å². The molecule has 0 radical (unpaired) electrons. The molecule has 3 aromatic carbocycles. The fourth-order valence-electron chi connectivity index (χ4n) is 4.04. The van der Waals surface area contributed by atoms with E-state index in [0.29, 0.717) is 38.4 Å². The molecule has 2 aromatic heterocycles. The van der Waals surface area contributed by atoms with Crippen LogP contribution in [-0.4, -0.2) is 36.3 Å². The minimum atomic E-state index is -4.47. The number of aromatic amines is 1. The fraction of sp³-hybridized carbons (Fsp3) is 0.148. The highest BCUT2D eigenvalue weighted by Gasteiger charge is 2.31. The summed E-state index contributed by atoms with van der Waals surface area (Å²) >= 11 is 12.6. The van der Waals surface area contributed by atoms with Crippen molar-refractivity contribution in [2.75, 3.05) is 0 Å². The number of benzene rings is 3. The summed E-state index contributed by atoms with van der Waals surface area (Å²) in [6, 6.07) is 17.6. The molecule has 1 atom stereocenters. The summed E-state index contributed by atoms with van der Waals surface area (Å²) in [5, 5.41) is 21.7. The van der Waals surface area contributed by atoms with Gasteiger partial charge in [0.05, 0.1) is 22.3 Å². The molecule has 0 bridgehead atoms. The molecule has 210 valence electrons. The first-order valence-electron chi connectivity index (χ1n) is 12.1. The number of hydrogen-bond acceptors (Lipinski definition) is 6. The summed E-state index contributed by atoms with van der Waals surface area (Å²) in [7, 11) is 0. The Morgan fingerprint density at radius 2 is 1.76 bits per heavy atom. The van der Waals surface area contributed by atoms with Crippen LogP contribution in [0.1, 0.15) is 40.4 Å². The monoisotopic (exact) mass is 601 g/mol. The number of carbonyl (C=O) groups is 1. The van der Waals surface area contributed by atoms with E-state index in [1.54, 1.807) is 55.5 Å². The van der Waals surface area contributed by atoms with Crippen molar-refractivity contribution in [3.05, 3.63) is 105 Å². The largest absolute Gasteiger partial charge is 0.481 e. The number of hydrogen-bond donors (Lipinski definition) is 2. The first kappa shape index (κ1) is 28.1. The lowest BCUT2D eigenvalue weighted by Crippen LogP contribution is -2.27. The number of ether oxygens (including phenoxy) is 1. The van der Waals surface area contributed by atoms with Crippen molar-refractivity contribution < 1.29 is 22.7 Å². The summed E-state index contributed by atoms with van der Waals surface area (Å²) in [4.78, 5) is 13.7. The quantitative estimate of drug-likeness (QED) is 0.211. The molecule has 9 nitrogen and oxygen atoms in total. The first-order valence-corrected chi connectivity index (χ1v) is 12.8. The van der Waals surface area contributed by atoms with Crippen molar-refractivity contribution in [3.8, 4) is 22.7 Å². The maximum Gasteiger partial charge on any atom is 0.416 e. The predicted octanol–water partition coefficient (Wildman–Crippen LogP) is 6.45. The third-order valence-electron chi connectivity index (χ3n) is 6.08. The van der Waals surface area contributed by atoms with Gasteiger partial charge in [0.25, 0.3) is 5.91 Å². The number of amides is 1. The van der Waals surface area contributed by atoms with Crippen LogP contribution in [0.25, 0.3) is 16.9 Å². The van der Waals surface area contributed by atoms with E-state index in [1.807, 2.05) is 0 Å². The maximum absolute atomic E-state index is 13.7. The Balaban J connectivity index is 1.58. The van der Waals surface area contributed by atoms with Crippen molar-refractivity contribution in [2.24, 2.45) is 0 Å². The van der Waals surface area contributed by atoms with E-state index in [1.165, 1.54) is 16.8 Å². The standard InChI is InChI=1S/C27H20Cl2F3N7O2/c1-15(16-6-10-18(11-7-16)27(30,31)32)33-26(40)23-25(41-14-22-34-37-38-35-22)24(17-8-12-19(28)13-9-17)39(36-23)21-5-3-2-4-20(21)29/h2-13,15H,14H2,1H3,(H,33,40)(H,34,35,37,38)/t15-/m1/s1. The molecule has 2 heterocycles. The lowest BCUT2D eigenvalue weighted by atomic mass is 10.1. The van der Waals surface area contributed by atoms with Crippen LogP contribution in [0, 0.1) is 0 Å². The Labute approximate surface area is 241 Å². The van der Waals surface area contributed by atoms with Crippen LogP contribution >= 0.6 is 23.2 Å². The second kappa shape index (κ2) is 11.6. The van der Waals surface area contributed by atoms with Crippen LogP contribution in [0.15, 0.2) is 72.8 Å². The summed E-state index contributed by atoms with van der Waals surface area (Å²) in [5.41, 5.74) is 1.06. The summed E-state index contributed by atoms with van der Waals surface area (Å²) in [5.74, 6) is -0.244. The number of alkyl halides is 3. The van der Waals surface area contributed by atoms with Gasteiger partial charge in [0.15, 0.2) is 17.3 Å². The highest BCUT2D eigenvalue weighted by Crippen LogP contribution is 2.38. The Bertz CT molecular complexity index is 1660. The van der Waals surface area contributed by atoms with Gasteiger partial charge in [-0.1, -0.05) is 59.6 Å². The van der Waals surface area contributed by atoms with Crippen molar-refractivity contribution in [1.29, 1.82) is 0 Å². The number of halogens is 5. The second-order valence-corrected chi connectivity index (χ2v) is 9.69. The number of nitrogens with zero attached hydrogens (tertiary/aromatic N) is 5. The van der Waals surface area contributed by atoms with Crippen molar-refractivity contribution >= 4 is 29.1 Å². The van der Waals surface area contributed by atoms with Gasteiger partial charge >= 0.3 is 6.18 Å². The molecule has 5 aromatic rings. The van der Waals surface area contributed by atoms with Crippen molar-refractivity contribution in [1.82, 2.24) is 35.7 Å². The zero-order valence-electron chi connectivity index (χ0n) is 21.2. The van der Waals surface area contributed by atoms with Crippen LogP contribution in [0.5, 0.6) is 5.75 Å². The molecule has 1 amide bonds. The summed E-state index contributed by atoms with van der Waals surface area (Å²) in [6.07, 6.45) is -4.47. The number of H-pyrrole nitrogens is 1. The van der Waals surface area contributed by atoms with Crippen LogP contribution in [0.3, 0.4) is 0 Å². The SMILES string of the molecule is C[C@@H](NC(=O)c1nn(-c2ccccc2Cl)c(-c2ccc(Cl)cc2)c1OCc1nnn[nH]1)c1ccc(C(F)(F)F)cc1. The molecule has 0 saturated heterocycles. The third kappa shape index (κ3) is 6.18. The van der Waals surface area contributed by atoms with Crippen LogP contribution < -0.4 is 10.1 Å². The summed E-state index contributed by atoms with van der Waals surface area (Å²) < 4.78 is 46.6. The van der Waals surface area contributed by atoms with Gasteiger partial charge in [-0.2, -0.15) is 18.3 Å². The highest BCUT2D eigenvalue weighted by molar-refractivity contribution is 6.32. The van der Waals surface area contributed by atoms with Gasteiger partial charge in [-0.15, -0.1) is 5.10 Å². The molecule has 5 rings (SSSR count). The Kier molecular flexibility index (Phi) is 7.95. The molecule has 14 heteroatoms. The molecule has 0 aliphatic heterocycles. The normalized spacial score (nSPS) is 12.2. The Hall–Kier alpha value is -4.42. The number of aromatic nitrogens is 6. The van der Waals surface area contributed by atoms with E-state index in [9.17, 15) is 18.0 Å². The second-order valence-electron chi connectivity index (χ2n) is 8.85. The smallest absolute Gasteiger partial charge is 0.416 e. The zero-order valence-corrected chi connectivity index (χ0v) is 22.7. The molecule has 0 aliphatic rings. The number of carbonyl (C=O) groups excluding carboxylic acids is 1. The lowest BCUT2D eigenvalue weighted by molar-refractivity contribution is -0.137. The van der Waals surface area contributed by atoms with E-state index in [-0.39, 0.29) is 18.1 Å². The molecular weight excluding hydrogens is 582 g/mol. The number of tetrazole rings is 1. The van der Waals surface area contributed by atoms with Gasteiger partial charge < -0.3 is 10.1 Å². The summed E-state index contributed by atoms with van der Waals surface area (Å²) in [6.45, 7) is 1.52. The lowest BCUT2D eigenvalue weighted by Gasteiger charge is -2.15. The zero-order chi connectivity index (χ0) is 29.1. The maximum atomic E-state index is 13.7. The van der Waals surface area contributed by atoms with Crippen molar-refractivity contribution in [2.45, 2.75) is 25.7 Å². The van der Waals surface area contributed by atoms with Gasteiger partial charge in [0.2, 0.25) is 0 Å². The van der Waals surface area contributed by atoms with Gasteiger partial charge in [-0.05, 0) is 59.3 Å². The van der Waals surface area contributed by atoms with Crippen LogP contribution in [-0.2, 0) is 12.8 Å². The van der Waals surface area contributed by atoms with Crippen LogP contribution in [0.4, 0.5) is 13.2 Å². The van der Waals surface area contributed by atoms with Gasteiger partial charge in [-0.3, -0.25) is 4.79 Å². The Morgan fingerprint density at radius 3 is 2.39 bits per heavy atom. The topological polar surface area (TPSA) is 111 Å². The van der Waals surface area contributed by atoms with E-state index >= 15 is 0 Å². The molecule has 2 N–H and O–H groups in total. The molecule has 41 heavy (non-hydrogen) atoms. The van der Waals surface area contributed by atoms with Gasteiger partial charge in [0.1, 0.15) is 12.3 Å². The molecule has 0 unspecified atom stereocenters. The molecular formula is C27H20Cl2F3N7O2. The predicted molar refractivity (Wildman–Crippen MR) is 145 cm³/mol. The molecule has 0 aliphatic carbocycles. The van der Waals surface area contributed by atoms with Crippen LogP contribution in [0.2, 0.25) is 10.0 Å². The fourth-order valence-corrected chi connectivity index (χ4v) is 4.38. The van der Waals surface area contributed by atoms with E-state index < -0.39 is 23.7 Å². The average molecular weight is 602 g/mol. The molecule has 0 spiro atoms. The number of nitrogens with one attached hydrogen (secondary N) is 2.